The summed E-state index contributed by atoms with van der Waals surface area (Å²) in [5.74, 6) is 0.382. The second kappa shape index (κ2) is 6.19. The quantitative estimate of drug-likeness (QED) is 0.910. The third-order valence-corrected chi connectivity index (χ3v) is 4.28. The van der Waals surface area contributed by atoms with E-state index in [1.807, 2.05) is 41.3 Å². The van der Waals surface area contributed by atoms with Crippen LogP contribution in [0.4, 0.5) is 4.79 Å². The van der Waals surface area contributed by atoms with Gasteiger partial charge in [0.2, 0.25) is 0 Å². The first-order valence-corrected chi connectivity index (χ1v) is 7.49. The summed E-state index contributed by atoms with van der Waals surface area (Å²) in [6, 6.07) is 8.02. The fourth-order valence-corrected chi connectivity index (χ4v) is 2.88. The van der Waals surface area contributed by atoms with Crippen molar-refractivity contribution in [1.29, 1.82) is 0 Å². The molecule has 0 spiro atoms. The monoisotopic (exact) mass is 300 g/mol. The van der Waals surface area contributed by atoms with Gasteiger partial charge in [0.1, 0.15) is 0 Å². The van der Waals surface area contributed by atoms with Crippen molar-refractivity contribution in [3.63, 3.8) is 0 Å². The van der Waals surface area contributed by atoms with Gasteiger partial charge in [-0.3, -0.25) is 0 Å². The van der Waals surface area contributed by atoms with E-state index in [-0.39, 0.29) is 0 Å². The molecule has 0 atom stereocenters. The molecule has 0 radical (unpaired) electrons. The second-order valence-electron chi connectivity index (χ2n) is 5.63. The van der Waals surface area contributed by atoms with Gasteiger partial charge in [0, 0.05) is 25.8 Å². The predicted molar refractivity (Wildman–Crippen MR) is 83.0 cm³/mol. The highest BCUT2D eigenvalue weighted by atomic mass is 16.4. The Morgan fingerprint density at radius 1 is 1.27 bits per heavy atom. The Labute approximate surface area is 129 Å². The predicted octanol–water partition coefficient (Wildman–Crippen LogP) is 2.19. The molecule has 1 aliphatic heterocycles. The van der Waals surface area contributed by atoms with E-state index < -0.39 is 6.09 Å². The van der Waals surface area contributed by atoms with Gasteiger partial charge >= 0.3 is 6.09 Å². The molecule has 1 saturated heterocycles. The molecule has 2 aromatic rings. The number of likely N-dealkylation sites (tertiary alicyclic amines) is 1. The number of piperidine rings is 1. The number of amides is 1. The molecule has 0 saturated carbocycles. The summed E-state index contributed by atoms with van der Waals surface area (Å²) in [6.07, 6.45) is 4.80. The lowest BCUT2D eigenvalue weighted by Gasteiger charge is -2.29. The molecule has 22 heavy (non-hydrogen) atoms. The van der Waals surface area contributed by atoms with Crippen molar-refractivity contribution in [3.05, 3.63) is 47.8 Å². The molecule has 1 fully saturated rings. The van der Waals surface area contributed by atoms with Crippen molar-refractivity contribution >= 4 is 6.09 Å². The largest absolute Gasteiger partial charge is 0.465 e. The van der Waals surface area contributed by atoms with Crippen molar-refractivity contribution in [2.75, 3.05) is 13.1 Å². The topological polar surface area (TPSA) is 84.4 Å². The molecule has 3 N–H and O–H groups in total. The van der Waals surface area contributed by atoms with Gasteiger partial charge in [-0.1, -0.05) is 12.1 Å². The standard InChI is InChI=1S/C16H20N4O2/c17-9-12-1-3-15(4-2-12)20-11-14(10-18-20)13-5-7-19(8-6-13)16(21)22/h1-4,10-11,13H,5-9,17H2,(H,21,22). The van der Waals surface area contributed by atoms with Gasteiger partial charge in [-0.2, -0.15) is 5.10 Å². The van der Waals surface area contributed by atoms with Crippen LogP contribution in [0.2, 0.25) is 0 Å². The third kappa shape index (κ3) is 2.96. The maximum atomic E-state index is 10.9. The minimum Gasteiger partial charge on any atom is -0.465 e. The number of nitrogens with zero attached hydrogens (tertiary/aromatic N) is 3. The Morgan fingerprint density at radius 2 is 1.95 bits per heavy atom. The minimum atomic E-state index is -0.825. The smallest absolute Gasteiger partial charge is 0.407 e. The van der Waals surface area contributed by atoms with Gasteiger partial charge in [0.15, 0.2) is 0 Å². The van der Waals surface area contributed by atoms with Crippen LogP contribution in [0.25, 0.3) is 5.69 Å². The molecule has 0 aliphatic carbocycles. The Morgan fingerprint density at radius 3 is 2.55 bits per heavy atom. The molecule has 1 aliphatic rings. The lowest BCUT2D eigenvalue weighted by Crippen LogP contribution is -2.36. The van der Waals surface area contributed by atoms with E-state index in [0.29, 0.717) is 25.6 Å². The summed E-state index contributed by atoms with van der Waals surface area (Å²) in [7, 11) is 0. The van der Waals surface area contributed by atoms with E-state index in [0.717, 1.165) is 24.1 Å². The van der Waals surface area contributed by atoms with E-state index in [1.54, 1.807) is 0 Å². The minimum absolute atomic E-state index is 0.382. The molecule has 1 amide bonds. The number of rotatable bonds is 3. The summed E-state index contributed by atoms with van der Waals surface area (Å²) >= 11 is 0. The maximum Gasteiger partial charge on any atom is 0.407 e. The van der Waals surface area contributed by atoms with Crippen LogP contribution >= 0.6 is 0 Å². The first kappa shape index (κ1) is 14.6. The van der Waals surface area contributed by atoms with E-state index in [4.69, 9.17) is 10.8 Å². The van der Waals surface area contributed by atoms with Crippen molar-refractivity contribution in [2.24, 2.45) is 5.73 Å². The number of carbonyl (C=O) groups is 1. The van der Waals surface area contributed by atoms with Crippen LogP contribution in [0.5, 0.6) is 0 Å². The zero-order chi connectivity index (χ0) is 15.5. The van der Waals surface area contributed by atoms with Gasteiger partial charge in [-0.15, -0.1) is 0 Å². The van der Waals surface area contributed by atoms with Crippen LogP contribution in [0.3, 0.4) is 0 Å². The Bertz CT molecular complexity index is 642. The number of nitrogens with two attached hydrogens (primary N) is 1. The van der Waals surface area contributed by atoms with Gasteiger partial charge in [0.25, 0.3) is 0 Å². The summed E-state index contributed by atoms with van der Waals surface area (Å²) in [5.41, 5.74) is 8.88. The SMILES string of the molecule is NCc1ccc(-n2cc(C3CCN(C(=O)O)CC3)cn2)cc1. The van der Waals surface area contributed by atoms with Gasteiger partial charge in [-0.05, 0) is 42.0 Å². The van der Waals surface area contributed by atoms with E-state index in [9.17, 15) is 4.79 Å². The van der Waals surface area contributed by atoms with E-state index in [2.05, 4.69) is 5.10 Å². The zero-order valence-electron chi connectivity index (χ0n) is 12.4. The molecule has 1 aromatic heterocycles. The number of hydrogen-bond acceptors (Lipinski definition) is 3. The van der Waals surface area contributed by atoms with Crippen LogP contribution in [0, 0.1) is 0 Å². The molecular formula is C16H20N4O2. The van der Waals surface area contributed by atoms with Crippen LogP contribution in [0.15, 0.2) is 36.7 Å². The molecule has 6 heteroatoms. The number of benzene rings is 1. The summed E-state index contributed by atoms with van der Waals surface area (Å²) in [5, 5.41) is 13.4. The van der Waals surface area contributed by atoms with E-state index >= 15 is 0 Å². The average Bonchev–Trinajstić information content (AvgIpc) is 3.05. The lowest BCUT2D eigenvalue weighted by atomic mass is 9.92. The van der Waals surface area contributed by atoms with Crippen LogP contribution in [-0.4, -0.2) is 39.0 Å². The molecular weight excluding hydrogens is 280 g/mol. The van der Waals surface area contributed by atoms with Crippen LogP contribution in [0.1, 0.15) is 29.9 Å². The average molecular weight is 300 g/mol. The fourth-order valence-electron chi connectivity index (χ4n) is 2.88. The van der Waals surface area contributed by atoms with Crippen LogP contribution in [-0.2, 0) is 6.54 Å². The van der Waals surface area contributed by atoms with Gasteiger partial charge < -0.3 is 15.7 Å². The number of aromatic nitrogens is 2. The molecule has 3 rings (SSSR count). The normalized spacial score (nSPS) is 16.0. The number of hydrogen-bond donors (Lipinski definition) is 2. The third-order valence-electron chi connectivity index (χ3n) is 4.28. The summed E-state index contributed by atoms with van der Waals surface area (Å²) < 4.78 is 1.86. The lowest BCUT2D eigenvalue weighted by molar-refractivity contribution is 0.132. The summed E-state index contributed by atoms with van der Waals surface area (Å²) in [4.78, 5) is 12.4. The van der Waals surface area contributed by atoms with Crippen molar-refractivity contribution in [1.82, 2.24) is 14.7 Å². The maximum absolute atomic E-state index is 10.9. The molecule has 1 aromatic carbocycles. The van der Waals surface area contributed by atoms with Gasteiger partial charge in [-0.25, -0.2) is 9.48 Å². The van der Waals surface area contributed by atoms with E-state index in [1.165, 1.54) is 10.5 Å². The van der Waals surface area contributed by atoms with Gasteiger partial charge in [0.05, 0.1) is 11.9 Å². The summed E-state index contributed by atoms with van der Waals surface area (Å²) in [6.45, 7) is 1.72. The number of carboxylic acid groups (broad SMARTS) is 1. The Hall–Kier alpha value is -2.34. The molecule has 6 nitrogen and oxygen atoms in total. The first-order chi connectivity index (χ1) is 10.7. The fraction of sp³-hybridized carbons (Fsp3) is 0.375. The Kier molecular flexibility index (Phi) is 4.11. The molecule has 0 bridgehead atoms. The highest BCUT2D eigenvalue weighted by Crippen LogP contribution is 2.28. The van der Waals surface area contributed by atoms with Crippen LogP contribution < -0.4 is 5.73 Å². The second-order valence-corrected chi connectivity index (χ2v) is 5.63. The highest BCUT2D eigenvalue weighted by molar-refractivity contribution is 5.65. The first-order valence-electron chi connectivity index (χ1n) is 7.49. The molecule has 2 heterocycles. The Balaban J connectivity index is 1.70. The molecule has 116 valence electrons. The highest BCUT2D eigenvalue weighted by Gasteiger charge is 2.24. The van der Waals surface area contributed by atoms with Crippen molar-refractivity contribution in [2.45, 2.75) is 25.3 Å². The van der Waals surface area contributed by atoms with Crippen molar-refractivity contribution in [3.8, 4) is 5.69 Å². The van der Waals surface area contributed by atoms with Crippen molar-refractivity contribution < 1.29 is 9.90 Å². The molecule has 0 unspecified atom stereocenters. The zero-order valence-corrected chi connectivity index (χ0v) is 12.4.